The van der Waals surface area contributed by atoms with Crippen LogP contribution >= 0.6 is 0 Å². The summed E-state index contributed by atoms with van der Waals surface area (Å²) in [6, 6.07) is 0. The highest BCUT2D eigenvalue weighted by Gasteiger charge is 2.09. The monoisotopic (exact) mass is 210 g/mol. The van der Waals surface area contributed by atoms with Crippen molar-refractivity contribution >= 4 is 5.82 Å². The lowest BCUT2D eigenvalue weighted by Crippen LogP contribution is -2.23. The summed E-state index contributed by atoms with van der Waals surface area (Å²) in [5.74, 6) is 1.36. The Morgan fingerprint density at radius 2 is 2.13 bits per heavy atom. The van der Waals surface area contributed by atoms with Crippen molar-refractivity contribution in [3.05, 3.63) is 12.4 Å². The lowest BCUT2D eigenvalue weighted by atomic mass is 10.4. The molecule has 0 bridgehead atoms. The van der Waals surface area contributed by atoms with Gasteiger partial charge in [0.2, 0.25) is 0 Å². The molecule has 0 aromatic carbocycles. The molecule has 1 heterocycles. The van der Waals surface area contributed by atoms with E-state index in [1.54, 1.807) is 19.5 Å². The fourth-order valence-electron chi connectivity index (χ4n) is 1.32. The van der Waals surface area contributed by atoms with Crippen molar-refractivity contribution in [2.75, 3.05) is 39.2 Å². The van der Waals surface area contributed by atoms with Crippen molar-refractivity contribution in [1.29, 1.82) is 0 Å². The van der Waals surface area contributed by atoms with E-state index >= 15 is 0 Å². The van der Waals surface area contributed by atoms with Gasteiger partial charge in [0.05, 0.1) is 7.11 Å². The summed E-state index contributed by atoms with van der Waals surface area (Å²) in [7, 11) is 5.54. The number of anilines is 1. The SMILES string of the molecule is CNCCCN(C)c1nccnc1OC. The normalized spacial score (nSPS) is 10.1. The average molecular weight is 210 g/mol. The Labute approximate surface area is 90.5 Å². The molecule has 84 valence electrons. The van der Waals surface area contributed by atoms with Crippen LogP contribution in [0.2, 0.25) is 0 Å². The van der Waals surface area contributed by atoms with Crippen LogP contribution in [0.15, 0.2) is 12.4 Å². The maximum atomic E-state index is 5.14. The van der Waals surface area contributed by atoms with E-state index in [2.05, 4.69) is 15.3 Å². The minimum Gasteiger partial charge on any atom is -0.478 e. The van der Waals surface area contributed by atoms with Crippen LogP contribution in [0.3, 0.4) is 0 Å². The van der Waals surface area contributed by atoms with Crippen molar-refractivity contribution in [2.45, 2.75) is 6.42 Å². The standard InChI is InChI=1S/C10H18N4O/c1-11-5-4-8-14(2)9-10(15-3)13-7-6-12-9/h6-7,11H,4-5,8H2,1-3H3. The zero-order valence-electron chi connectivity index (χ0n) is 9.53. The van der Waals surface area contributed by atoms with E-state index in [-0.39, 0.29) is 0 Å². The molecule has 0 saturated carbocycles. The average Bonchev–Trinajstić information content (AvgIpc) is 2.29. The van der Waals surface area contributed by atoms with Gasteiger partial charge in [-0.25, -0.2) is 9.97 Å². The summed E-state index contributed by atoms with van der Waals surface area (Å²) >= 11 is 0. The van der Waals surface area contributed by atoms with Gasteiger partial charge in [-0.1, -0.05) is 0 Å². The van der Waals surface area contributed by atoms with Gasteiger partial charge in [-0.05, 0) is 20.0 Å². The number of nitrogens with one attached hydrogen (secondary N) is 1. The fourth-order valence-corrected chi connectivity index (χ4v) is 1.32. The zero-order chi connectivity index (χ0) is 11.1. The largest absolute Gasteiger partial charge is 0.478 e. The van der Waals surface area contributed by atoms with Gasteiger partial charge in [-0.3, -0.25) is 0 Å². The van der Waals surface area contributed by atoms with E-state index in [1.807, 2.05) is 19.0 Å². The summed E-state index contributed by atoms with van der Waals surface area (Å²) in [6.07, 6.45) is 4.36. The second-order valence-electron chi connectivity index (χ2n) is 3.27. The predicted octanol–water partition coefficient (Wildman–Crippen LogP) is 0.531. The van der Waals surface area contributed by atoms with Crippen LogP contribution in [-0.2, 0) is 0 Å². The summed E-state index contributed by atoms with van der Waals surface area (Å²) in [5, 5.41) is 3.11. The van der Waals surface area contributed by atoms with Crippen molar-refractivity contribution in [2.24, 2.45) is 0 Å². The first-order valence-corrected chi connectivity index (χ1v) is 5.00. The number of aromatic nitrogens is 2. The van der Waals surface area contributed by atoms with Gasteiger partial charge in [0.15, 0.2) is 5.82 Å². The molecule has 0 aliphatic carbocycles. The Kier molecular flexibility index (Phi) is 4.83. The van der Waals surface area contributed by atoms with E-state index in [9.17, 15) is 0 Å². The molecular formula is C10H18N4O. The Morgan fingerprint density at radius 3 is 2.80 bits per heavy atom. The molecule has 1 aromatic rings. The molecule has 1 rings (SSSR count). The first-order valence-electron chi connectivity index (χ1n) is 5.00. The number of hydrogen-bond acceptors (Lipinski definition) is 5. The number of nitrogens with zero attached hydrogens (tertiary/aromatic N) is 3. The van der Waals surface area contributed by atoms with E-state index in [4.69, 9.17) is 4.74 Å². The quantitative estimate of drug-likeness (QED) is 0.694. The Balaban J connectivity index is 2.59. The van der Waals surface area contributed by atoms with Crippen LogP contribution in [0, 0.1) is 0 Å². The second-order valence-corrected chi connectivity index (χ2v) is 3.27. The molecule has 1 aromatic heterocycles. The molecule has 0 aliphatic rings. The number of hydrogen-bond donors (Lipinski definition) is 1. The van der Waals surface area contributed by atoms with Crippen molar-refractivity contribution in [1.82, 2.24) is 15.3 Å². The highest BCUT2D eigenvalue weighted by atomic mass is 16.5. The van der Waals surface area contributed by atoms with Crippen LogP contribution in [0.1, 0.15) is 6.42 Å². The molecule has 0 fully saturated rings. The van der Waals surface area contributed by atoms with Gasteiger partial charge >= 0.3 is 0 Å². The first kappa shape index (κ1) is 11.7. The maximum Gasteiger partial charge on any atom is 0.257 e. The minimum atomic E-state index is 0.574. The van der Waals surface area contributed by atoms with Gasteiger partial charge in [-0.2, -0.15) is 0 Å². The predicted molar refractivity (Wildman–Crippen MR) is 60.4 cm³/mol. The zero-order valence-corrected chi connectivity index (χ0v) is 9.53. The summed E-state index contributed by atoms with van der Waals surface area (Å²) in [4.78, 5) is 10.4. The van der Waals surface area contributed by atoms with E-state index in [0.717, 1.165) is 25.3 Å². The summed E-state index contributed by atoms with van der Waals surface area (Å²) in [6.45, 7) is 1.92. The van der Waals surface area contributed by atoms with Crippen molar-refractivity contribution < 1.29 is 4.74 Å². The minimum absolute atomic E-state index is 0.574. The third kappa shape index (κ3) is 3.36. The summed E-state index contributed by atoms with van der Waals surface area (Å²) < 4.78 is 5.14. The van der Waals surface area contributed by atoms with Crippen LogP contribution in [0.25, 0.3) is 0 Å². The molecule has 0 atom stereocenters. The molecule has 0 saturated heterocycles. The van der Waals surface area contributed by atoms with Crippen LogP contribution in [0.4, 0.5) is 5.82 Å². The third-order valence-electron chi connectivity index (χ3n) is 2.12. The Morgan fingerprint density at radius 1 is 1.40 bits per heavy atom. The maximum absolute atomic E-state index is 5.14. The highest BCUT2D eigenvalue weighted by molar-refractivity contribution is 5.46. The van der Waals surface area contributed by atoms with E-state index in [0.29, 0.717) is 5.88 Å². The van der Waals surface area contributed by atoms with Crippen LogP contribution < -0.4 is 15.0 Å². The van der Waals surface area contributed by atoms with E-state index in [1.165, 1.54) is 0 Å². The van der Waals surface area contributed by atoms with Gasteiger partial charge in [-0.15, -0.1) is 0 Å². The number of ether oxygens (including phenoxy) is 1. The van der Waals surface area contributed by atoms with Crippen LogP contribution in [0.5, 0.6) is 5.88 Å². The van der Waals surface area contributed by atoms with Gasteiger partial charge in [0.1, 0.15) is 0 Å². The second kappa shape index (κ2) is 6.19. The molecule has 0 amide bonds. The molecule has 0 unspecified atom stereocenters. The molecular weight excluding hydrogens is 192 g/mol. The number of methoxy groups -OCH3 is 1. The molecule has 0 radical (unpaired) electrons. The summed E-state index contributed by atoms with van der Waals surface area (Å²) in [5.41, 5.74) is 0. The van der Waals surface area contributed by atoms with Crippen molar-refractivity contribution in [3.63, 3.8) is 0 Å². The Hall–Kier alpha value is -1.36. The van der Waals surface area contributed by atoms with Crippen molar-refractivity contribution in [3.8, 4) is 5.88 Å². The number of rotatable bonds is 6. The van der Waals surface area contributed by atoms with E-state index < -0.39 is 0 Å². The molecule has 5 nitrogen and oxygen atoms in total. The molecule has 1 N–H and O–H groups in total. The third-order valence-corrected chi connectivity index (χ3v) is 2.12. The smallest absolute Gasteiger partial charge is 0.257 e. The molecule has 15 heavy (non-hydrogen) atoms. The fraction of sp³-hybridized carbons (Fsp3) is 0.600. The highest BCUT2D eigenvalue weighted by Crippen LogP contribution is 2.20. The Bertz CT molecular complexity index is 293. The molecule has 0 aliphatic heterocycles. The molecule has 0 spiro atoms. The molecule has 5 heteroatoms. The van der Waals surface area contributed by atoms with Gasteiger partial charge < -0.3 is 15.0 Å². The van der Waals surface area contributed by atoms with Gasteiger partial charge in [0, 0.05) is 26.0 Å². The van der Waals surface area contributed by atoms with Crippen LogP contribution in [-0.4, -0.2) is 44.3 Å². The van der Waals surface area contributed by atoms with Gasteiger partial charge in [0.25, 0.3) is 5.88 Å². The lowest BCUT2D eigenvalue weighted by Gasteiger charge is -2.19. The lowest BCUT2D eigenvalue weighted by molar-refractivity contribution is 0.395. The topological polar surface area (TPSA) is 50.3 Å². The first-order chi connectivity index (χ1) is 7.29.